The minimum Gasteiger partial charge on any atom is -0.497 e. The van der Waals surface area contributed by atoms with Crippen LogP contribution in [0.15, 0.2) is 77.8 Å². The van der Waals surface area contributed by atoms with E-state index in [1.165, 1.54) is 11.1 Å². The third-order valence-corrected chi connectivity index (χ3v) is 5.28. The summed E-state index contributed by atoms with van der Waals surface area (Å²) in [5, 5.41) is 2.64. The predicted octanol–water partition coefficient (Wildman–Crippen LogP) is 4.56. The van der Waals surface area contributed by atoms with Gasteiger partial charge >= 0.3 is 0 Å². The molecule has 0 spiro atoms. The molecule has 1 fully saturated rings. The van der Waals surface area contributed by atoms with Crippen molar-refractivity contribution in [2.24, 2.45) is 10.9 Å². The van der Waals surface area contributed by atoms with Crippen molar-refractivity contribution in [3.05, 3.63) is 78.4 Å². The van der Waals surface area contributed by atoms with Crippen LogP contribution in [0.1, 0.15) is 5.56 Å². The van der Waals surface area contributed by atoms with Crippen LogP contribution in [-0.4, -0.2) is 30.3 Å². The van der Waals surface area contributed by atoms with E-state index in [0.29, 0.717) is 22.9 Å². The van der Waals surface area contributed by atoms with Gasteiger partial charge in [0.05, 0.1) is 18.5 Å². The highest BCUT2D eigenvalue weighted by Gasteiger charge is 2.38. The van der Waals surface area contributed by atoms with Crippen molar-refractivity contribution in [3.8, 4) is 17.2 Å². The van der Waals surface area contributed by atoms with Crippen molar-refractivity contribution in [1.82, 2.24) is 5.32 Å². The summed E-state index contributed by atoms with van der Waals surface area (Å²) in [6.45, 7) is 1.95. The fourth-order valence-electron chi connectivity index (χ4n) is 3.20. The van der Waals surface area contributed by atoms with Crippen molar-refractivity contribution < 1.29 is 19.1 Å². The van der Waals surface area contributed by atoms with E-state index in [0.717, 1.165) is 11.3 Å². The Labute approximate surface area is 196 Å². The molecule has 7 nitrogen and oxygen atoms in total. The Balaban J connectivity index is 1.46. The van der Waals surface area contributed by atoms with Crippen LogP contribution in [0.2, 0.25) is 0 Å². The Bertz CT molecular complexity index is 1210. The van der Waals surface area contributed by atoms with Crippen molar-refractivity contribution in [1.29, 1.82) is 0 Å². The third kappa shape index (κ3) is 5.07. The van der Waals surface area contributed by atoms with Crippen molar-refractivity contribution in [2.45, 2.75) is 6.92 Å². The molecule has 0 radical (unpaired) electrons. The van der Waals surface area contributed by atoms with Crippen LogP contribution in [0.4, 0.5) is 11.4 Å². The topological polar surface area (TPSA) is 80.2 Å². The zero-order valence-corrected chi connectivity index (χ0v) is 18.8. The van der Waals surface area contributed by atoms with Gasteiger partial charge in [0.2, 0.25) is 5.91 Å². The molecule has 1 aliphatic heterocycles. The molecular formula is C25H21N3O4S. The number of aryl methyl sites for hydroxylation is 1. The minimum absolute atomic E-state index is 0.0542. The second-order valence-electron chi connectivity index (χ2n) is 7.33. The molecule has 3 aromatic rings. The maximum Gasteiger partial charge on any atom is 0.251 e. The summed E-state index contributed by atoms with van der Waals surface area (Å²) in [6, 6.07) is 21.6. The second-order valence-corrected chi connectivity index (χ2v) is 7.72. The smallest absolute Gasteiger partial charge is 0.251 e. The lowest BCUT2D eigenvalue weighted by atomic mass is 10.1. The third-order valence-electron chi connectivity index (χ3n) is 5.00. The normalized spacial score (nSPS) is 16.1. The van der Waals surface area contributed by atoms with E-state index in [9.17, 15) is 9.59 Å². The fourth-order valence-corrected chi connectivity index (χ4v) is 3.50. The molecule has 3 aromatic carbocycles. The van der Waals surface area contributed by atoms with Crippen LogP contribution in [0, 0.1) is 12.8 Å². The van der Waals surface area contributed by atoms with Crippen LogP contribution >= 0.6 is 12.2 Å². The van der Waals surface area contributed by atoms with Crippen molar-refractivity contribution in [2.75, 3.05) is 12.0 Å². The average molecular weight is 460 g/mol. The Morgan fingerprint density at radius 1 is 0.909 bits per heavy atom. The van der Waals surface area contributed by atoms with Crippen molar-refractivity contribution >= 4 is 46.7 Å². The van der Waals surface area contributed by atoms with Crippen LogP contribution in [0.25, 0.3) is 0 Å². The van der Waals surface area contributed by atoms with Crippen LogP contribution in [0.5, 0.6) is 17.2 Å². The number of benzene rings is 3. The summed E-state index contributed by atoms with van der Waals surface area (Å²) in [6.07, 6.45) is 1.33. The molecule has 166 valence electrons. The van der Waals surface area contributed by atoms with Crippen LogP contribution in [0.3, 0.4) is 0 Å². The molecular weight excluding hydrogens is 438 g/mol. The van der Waals surface area contributed by atoms with E-state index in [1.54, 1.807) is 43.5 Å². The van der Waals surface area contributed by atoms with Gasteiger partial charge in [-0.25, -0.2) is 0 Å². The van der Waals surface area contributed by atoms with Gasteiger partial charge in [-0.15, -0.1) is 0 Å². The highest BCUT2D eigenvalue weighted by atomic mass is 32.1. The van der Waals surface area contributed by atoms with Crippen LogP contribution < -0.4 is 19.7 Å². The maximum absolute atomic E-state index is 13.0. The van der Waals surface area contributed by atoms with Gasteiger partial charge in [0.1, 0.15) is 17.2 Å². The maximum atomic E-state index is 13.0. The number of nitrogens with zero attached hydrogens (tertiary/aromatic N) is 2. The first kappa shape index (κ1) is 22.2. The van der Waals surface area contributed by atoms with Crippen LogP contribution in [-0.2, 0) is 9.59 Å². The zero-order valence-electron chi connectivity index (χ0n) is 18.0. The molecule has 0 aromatic heterocycles. The van der Waals surface area contributed by atoms with Gasteiger partial charge in [0, 0.05) is 6.21 Å². The number of hydrogen-bond donors (Lipinski definition) is 1. The lowest BCUT2D eigenvalue weighted by molar-refractivity contribution is -0.130. The second kappa shape index (κ2) is 9.62. The lowest BCUT2D eigenvalue weighted by Crippen LogP contribution is -2.58. The Morgan fingerprint density at radius 2 is 1.48 bits per heavy atom. The quantitative estimate of drug-likeness (QED) is 0.332. The molecule has 4 rings (SSSR count). The first-order chi connectivity index (χ1) is 15.9. The number of amides is 2. The summed E-state index contributed by atoms with van der Waals surface area (Å²) >= 11 is 5.22. The van der Waals surface area contributed by atoms with Gasteiger partial charge in [0.15, 0.2) is 11.0 Å². The highest BCUT2D eigenvalue weighted by molar-refractivity contribution is 7.80. The first-order valence-electron chi connectivity index (χ1n) is 10.2. The number of methoxy groups -OCH3 is 1. The number of nitrogens with one attached hydrogen (secondary N) is 1. The highest BCUT2D eigenvalue weighted by Crippen LogP contribution is 2.26. The van der Waals surface area contributed by atoms with E-state index in [4.69, 9.17) is 21.7 Å². The fraction of sp³-hybridized carbons (Fsp3) is 0.120. The molecule has 0 saturated carbocycles. The number of anilines is 1. The number of hydrogen-bond acceptors (Lipinski definition) is 6. The van der Waals surface area contributed by atoms with Gasteiger partial charge < -0.3 is 14.8 Å². The monoisotopic (exact) mass is 459 g/mol. The van der Waals surface area contributed by atoms with Gasteiger partial charge in [-0.1, -0.05) is 17.7 Å². The van der Waals surface area contributed by atoms with E-state index in [-0.39, 0.29) is 5.11 Å². The van der Waals surface area contributed by atoms with E-state index >= 15 is 0 Å². The van der Waals surface area contributed by atoms with E-state index in [2.05, 4.69) is 10.3 Å². The molecule has 0 aliphatic carbocycles. The molecule has 1 saturated heterocycles. The number of carbonyl (C=O) groups is 2. The Kier molecular flexibility index (Phi) is 6.46. The summed E-state index contributed by atoms with van der Waals surface area (Å²) in [7, 11) is 1.61. The Hall–Kier alpha value is -4.04. The molecule has 2 amide bonds. The number of aliphatic imine (C=N–C) groups is 1. The number of rotatable bonds is 6. The summed E-state index contributed by atoms with van der Waals surface area (Å²) < 4.78 is 10.9. The SMILES string of the molecule is COc1ccc(Oc2ccc(N=C[C@@H]3C(=O)NC(=S)N(c4ccc(C)cc4)C3=O)cc2)cc1. The standard InChI is InChI=1S/C25H21N3O4S/c1-16-3-7-18(8-4-16)28-24(30)22(23(29)27-25(28)33)15-26-17-5-9-20(10-6-17)32-21-13-11-19(31-2)12-14-21/h3-15,22H,1-2H3,(H,27,29,33)/t22-/m1/s1. The van der Waals surface area contributed by atoms with Gasteiger partial charge in [-0.2, -0.15) is 0 Å². The van der Waals surface area contributed by atoms with E-state index < -0.39 is 17.7 Å². The molecule has 0 unspecified atom stereocenters. The van der Waals surface area contributed by atoms with E-state index in [1.807, 2.05) is 43.3 Å². The summed E-state index contributed by atoms with van der Waals surface area (Å²) in [5.41, 5.74) is 2.22. The summed E-state index contributed by atoms with van der Waals surface area (Å²) in [5.74, 6) is 0.000776. The van der Waals surface area contributed by atoms with Crippen molar-refractivity contribution in [3.63, 3.8) is 0 Å². The van der Waals surface area contributed by atoms with Gasteiger partial charge in [-0.05, 0) is 79.8 Å². The number of carbonyl (C=O) groups excluding carboxylic acids is 2. The summed E-state index contributed by atoms with van der Waals surface area (Å²) in [4.78, 5) is 31.1. The molecule has 1 heterocycles. The molecule has 0 bridgehead atoms. The molecule has 1 N–H and O–H groups in total. The number of thiocarbonyl (C=S) groups is 1. The minimum atomic E-state index is -1.09. The zero-order chi connectivity index (χ0) is 23.4. The average Bonchev–Trinajstić information content (AvgIpc) is 2.81. The Morgan fingerprint density at radius 3 is 2.09 bits per heavy atom. The van der Waals surface area contributed by atoms with Gasteiger partial charge in [-0.3, -0.25) is 19.5 Å². The van der Waals surface area contributed by atoms with Gasteiger partial charge in [0.25, 0.3) is 5.91 Å². The molecule has 33 heavy (non-hydrogen) atoms. The number of ether oxygens (including phenoxy) is 2. The molecule has 1 aliphatic rings. The molecule has 8 heteroatoms. The first-order valence-corrected chi connectivity index (χ1v) is 10.6. The lowest BCUT2D eigenvalue weighted by Gasteiger charge is -2.30. The largest absolute Gasteiger partial charge is 0.497 e. The molecule has 1 atom stereocenters. The predicted molar refractivity (Wildman–Crippen MR) is 131 cm³/mol.